The van der Waals surface area contributed by atoms with Crippen LogP contribution in [0.4, 0.5) is 0 Å². The molecule has 1 saturated carbocycles. The number of aromatic nitrogens is 1. The Morgan fingerprint density at radius 1 is 0.783 bits per heavy atom. The highest BCUT2D eigenvalue weighted by Gasteiger charge is 2.20. The predicted octanol–water partition coefficient (Wildman–Crippen LogP) is 4.92. The third-order valence-corrected chi connectivity index (χ3v) is 5.06. The first-order valence-corrected chi connectivity index (χ1v) is 8.30. The molecule has 1 fully saturated rings. The van der Waals surface area contributed by atoms with E-state index < -0.39 is 0 Å². The monoisotopic (exact) mass is 305 g/mol. The van der Waals surface area contributed by atoms with E-state index in [0.717, 1.165) is 23.3 Å². The second kappa shape index (κ2) is 5.65. The largest absolute Gasteiger partial charge is 0.337 e. The van der Waals surface area contributed by atoms with Gasteiger partial charge in [-0.2, -0.15) is 0 Å². The van der Waals surface area contributed by atoms with Crippen molar-refractivity contribution in [2.45, 2.75) is 38.1 Å². The lowest BCUT2D eigenvalue weighted by atomic mass is 9.95. The van der Waals surface area contributed by atoms with E-state index in [1.807, 2.05) is 36.4 Å². The molecule has 3 heteroatoms. The molecule has 1 aromatic heterocycles. The van der Waals surface area contributed by atoms with Crippen LogP contribution in [0.15, 0.2) is 36.4 Å². The van der Waals surface area contributed by atoms with E-state index in [0.29, 0.717) is 17.2 Å². The van der Waals surface area contributed by atoms with Crippen molar-refractivity contribution < 1.29 is 9.59 Å². The Balaban J connectivity index is 2.05. The van der Waals surface area contributed by atoms with Gasteiger partial charge in [0.1, 0.15) is 12.6 Å². The highest BCUT2D eigenvalue weighted by Crippen LogP contribution is 2.38. The first-order chi connectivity index (χ1) is 11.3. The zero-order valence-electron chi connectivity index (χ0n) is 13.0. The molecule has 0 spiro atoms. The summed E-state index contributed by atoms with van der Waals surface area (Å²) >= 11 is 0. The van der Waals surface area contributed by atoms with Gasteiger partial charge >= 0.3 is 0 Å². The summed E-state index contributed by atoms with van der Waals surface area (Å²) in [4.78, 5) is 22.3. The van der Waals surface area contributed by atoms with Crippen LogP contribution in [0.5, 0.6) is 0 Å². The molecule has 0 amide bonds. The van der Waals surface area contributed by atoms with Crippen LogP contribution in [-0.2, 0) is 0 Å². The number of hydrogen-bond donors (Lipinski definition) is 0. The Morgan fingerprint density at radius 2 is 1.30 bits per heavy atom. The molecule has 0 saturated heterocycles. The third-order valence-electron chi connectivity index (χ3n) is 5.06. The molecule has 1 aliphatic carbocycles. The summed E-state index contributed by atoms with van der Waals surface area (Å²) in [6.07, 6.45) is 8.01. The fourth-order valence-electron chi connectivity index (χ4n) is 3.97. The standard InChI is InChI=1S/C20H19NO2/c22-12-14-6-8-19-17(10-14)18-11-15(13-23)7-9-20(18)21(19)16-4-2-1-3-5-16/h6-13,16H,1-5H2. The van der Waals surface area contributed by atoms with E-state index >= 15 is 0 Å². The minimum atomic E-state index is 0.507. The fourth-order valence-corrected chi connectivity index (χ4v) is 3.97. The molecule has 116 valence electrons. The Kier molecular flexibility index (Phi) is 3.49. The second-order valence-electron chi connectivity index (χ2n) is 6.45. The number of carbonyl (C=O) groups excluding carboxylic acids is 2. The van der Waals surface area contributed by atoms with Crippen molar-refractivity contribution in [2.24, 2.45) is 0 Å². The van der Waals surface area contributed by atoms with Gasteiger partial charge in [-0.1, -0.05) is 19.3 Å². The van der Waals surface area contributed by atoms with Gasteiger partial charge in [0.05, 0.1) is 0 Å². The molecule has 2 aromatic carbocycles. The SMILES string of the molecule is O=Cc1ccc2c(c1)c1cc(C=O)ccc1n2C1CCCCC1. The van der Waals surface area contributed by atoms with Crippen LogP contribution in [-0.4, -0.2) is 17.1 Å². The summed E-state index contributed by atoms with van der Waals surface area (Å²) in [5, 5.41) is 2.14. The van der Waals surface area contributed by atoms with Crippen LogP contribution >= 0.6 is 0 Å². The van der Waals surface area contributed by atoms with E-state index in [4.69, 9.17) is 0 Å². The lowest BCUT2D eigenvalue weighted by molar-refractivity contribution is 0.111. The highest BCUT2D eigenvalue weighted by atomic mass is 16.1. The zero-order valence-corrected chi connectivity index (χ0v) is 13.0. The van der Waals surface area contributed by atoms with Crippen molar-refractivity contribution in [3.05, 3.63) is 47.5 Å². The van der Waals surface area contributed by atoms with Gasteiger partial charge in [-0.15, -0.1) is 0 Å². The second-order valence-corrected chi connectivity index (χ2v) is 6.45. The Bertz CT molecular complexity index is 836. The van der Waals surface area contributed by atoms with Gasteiger partial charge < -0.3 is 4.57 Å². The molecule has 0 aliphatic heterocycles. The lowest BCUT2D eigenvalue weighted by Gasteiger charge is -2.25. The summed E-state index contributed by atoms with van der Waals surface area (Å²) in [6, 6.07) is 12.3. The molecule has 1 aliphatic rings. The number of aldehydes is 2. The molecule has 0 bridgehead atoms. The Morgan fingerprint density at radius 3 is 1.78 bits per heavy atom. The minimum Gasteiger partial charge on any atom is -0.337 e. The normalized spacial score (nSPS) is 16.0. The summed E-state index contributed by atoms with van der Waals surface area (Å²) in [5.41, 5.74) is 3.69. The Labute approximate surface area is 134 Å². The molecule has 23 heavy (non-hydrogen) atoms. The quantitative estimate of drug-likeness (QED) is 0.644. The average molecular weight is 305 g/mol. The van der Waals surface area contributed by atoms with Gasteiger partial charge in [-0.05, 0) is 49.2 Å². The van der Waals surface area contributed by atoms with E-state index in [2.05, 4.69) is 4.57 Å². The number of fused-ring (bicyclic) bond motifs is 3. The molecule has 3 nitrogen and oxygen atoms in total. The molecular formula is C20H19NO2. The van der Waals surface area contributed by atoms with Crippen LogP contribution in [0.2, 0.25) is 0 Å². The van der Waals surface area contributed by atoms with Crippen LogP contribution in [0.3, 0.4) is 0 Å². The molecule has 4 rings (SSSR count). The van der Waals surface area contributed by atoms with Crippen molar-refractivity contribution in [2.75, 3.05) is 0 Å². The van der Waals surface area contributed by atoms with Gasteiger partial charge in [0, 0.05) is 39.0 Å². The van der Waals surface area contributed by atoms with E-state index in [-0.39, 0.29) is 0 Å². The van der Waals surface area contributed by atoms with E-state index in [1.54, 1.807) is 0 Å². The van der Waals surface area contributed by atoms with Crippen LogP contribution in [0, 0.1) is 0 Å². The van der Waals surface area contributed by atoms with Gasteiger partial charge in [0.25, 0.3) is 0 Å². The van der Waals surface area contributed by atoms with Crippen LogP contribution in [0.1, 0.15) is 58.9 Å². The fraction of sp³-hybridized carbons (Fsp3) is 0.300. The molecule has 3 aromatic rings. The number of carbonyl (C=O) groups is 2. The maximum absolute atomic E-state index is 11.2. The highest BCUT2D eigenvalue weighted by molar-refractivity contribution is 6.10. The summed E-state index contributed by atoms with van der Waals surface area (Å²) in [6.45, 7) is 0. The first-order valence-electron chi connectivity index (χ1n) is 8.30. The van der Waals surface area contributed by atoms with Crippen LogP contribution < -0.4 is 0 Å². The molecular weight excluding hydrogens is 286 g/mol. The molecule has 0 atom stereocenters. The van der Waals surface area contributed by atoms with Crippen molar-refractivity contribution in [1.29, 1.82) is 0 Å². The van der Waals surface area contributed by atoms with Crippen molar-refractivity contribution >= 4 is 34.4 Å². The maximum atomic E-state index is 11.2. The number of hydrogen-bond acceptors (Lipinski definition) is 2. The van der Waals surface area contributed by atoms with Gasteiger partial charge in [-0.3, -0.25) is 9.59 Å². The molecule has 0 radical (unpaired) electrons. The zero-order chi connectivity index (χ0) is 15.8. The smallest absolute Gasteiger partial charge is 0.150 e. The van der Waals surface area contributed by atoms with Crippen LogP contribution in [0.25, 0.3) is 21.8 Å². The summed E-state index contributed by atoms with van der Waals surface area (Å²) in [7, 11) is 0. The van der Waals surface area contributed by atoms with E-state index in [9.17, 15) is 9.59 Å². The van der Waals surface area contributed by atoms with Gasteiger partial charge in [-0.25, -0.2) is 0 Å². The lowest BCUT2D eigenvalue weighted by Crippen LogP contribution is -2.12. The summed E-state index contributed by atoms with van der Waals surface area (Å²) < 4.78 is 2.42. The minimum absolute atomic E-state index is 0.507. The van der Waals surface area contributed by atoms with Crippen molar-refractivity contribution in [1.82, 2.24) is 4.57 Å². The molecule has 0 N–H and O–H groups in total. The Hall–Kier alpha value is -2.42. The average Bonchev–Trinajstić information content (AvgIpc) is 2.95. The van der Waals surface area contributed by atoms with Crippen molar-refractivity contribution in [3.8, 4) is 0 Å². The number of rotatable bonds is 3. The number of benzene rings is 2. The maximum Gasteiger partial charge on any atom is 0.150 e. The predicted molar refractivity (Wildman–Crippen MR) is 92.3 cm³/mol. The van der Waals surface area contributed by atoms with E-state index in [1.165, 1.54) is 43.1 Å². The molecule has 1 heterocycles. The topological polar surface area (TPSA) is 39.1 Å². The third kappa shape index (κ3) is 2.27. The van der Waals surface area contributed by atoms with Crippen molar-refractivity contribution in [3.63, 3.8) is 0 Å². The van der Waals surface area contributed by atoms with Gasteiger partial charge in [0.2, 0.25) is 0 Å². The van der Waals surface area contributed by atoms with Gasteiger partial charge in [0.15, 0.2) is 0 Å². The first kappa shape index (κ1) is 14.2. The summed E-state index contributed by atoms with van der Waals surface area (Å²) in [5.74, 6) is 0. The molecule has 0 unspecified atom stereocenters. The number of nitrogens with zero attached hydrogens (tertiary/aromatic N) is 1.